The molecule has 19 aromatic carbocycles. The van der Waals surface area contributed by atoms with Gasteiger partial charge in [0.05, 0.1) is 66.9 Å². The molecule has 0 saturated carbocycles. The molecule has 1 unspecified atom stereocenters. The van der Waals surface area contributed by atoms with Crippen molar-refractivity contribution in [1.82, 2.24) is 39.9 Å². The number of rotatable bonds is 9. The van der Waals surface area contributed by atoms with Crippen LogP contribution in [0.5, 0.6) is 0 Å². The second-order valence-corrected chi connectivity index (χ2v) is 38.1. The Morgan fingerprint density at radius 3 is 1.01 bits per heavy atom. The SMILES string of the molecule is CC1(C)c2ccc(-c3cc(CC4(C)c5ccc(-c6cccc(-c7ccc8ccc9cccnc9c8n7)c6)cc5-c5cc6c7ccccc7c7cc(-c8cccc(-c9ccc%10c%11ccccc%11c%11cccnc%11c%10n9)c8)ccc7c6cc54)cc(-c4ccc5c6ccccc6c6cccnc6c5n4)c3)cc2-c2cc3c4ccccc4c4cc(-c5ccc6ccc7cccnc7c6n5)ccc4c3cc21. The summed E-state index contributed by atoms with van der Waals surface area (Å²) in [7, 11) is 0. The maximum atomic E-state index is 5.81. The maximum absolute atomic E-state index is 5.81. The summed E-state index contributed by atoms with van der Waals surface area (Å²) in [6.45, 7) is 7.35. The zero-order valence-electron chi connectivity index (χ0n) is 74.5. The summed E-state index contributed by atoms with van der Waals surface area (Å²) in [6.07, 6.45) is 8.17. The van der Waals surface area contributed by atoms with Crippen LogP contribution in [0.4, 0.5) is 0 Å². The Morgan fingerprint density at radius 1 is 0.176 bits per heavy atom. The van der Waals surface area contributed by atoms with Gasteiger partial charge in [-0.05, 0) is 310 Å². The first-order chi connectivity index (χ1) is 67.0. The Bertz CT molecular complexity index is 10000. The van der Waals surface area contributed by atoms with Crippen molar-refractivity contribution in [3.63, 3.8) is 0 Å². The van der Waals surface area contributed by atoms with Crippen molar-refractivity contribution < 1.29 is 0 Å². The van der Waals surface area contributed by atoms with Gasteiger partial charge in [0, 0.05) is 101 Å². The fourth-order valence-corrected chi connectivity index (χ4v) is 23.7. The molecule has 29 rings (SSSR count). The molecule has 630 valence electrons. The molecular weight excluding hydrogens is 1650 g/mol. The van der Waals surface area contributed by atoms with Crippen molar-refractivity contribution in [3.05, 3.63) is 435 Å². The van der Waals surface area contributed by atoms with E-state index in [4.69, 9.17) is 39.9 Å². The van der Waals surface area contributed by atoms with Crippen molar-refractivity contribution in [2.24, 2.45) is 0 Å². The lowest BCUT2D eigenvalue weighted by Crippen LogP contribution is -2.24. The average molecular weight is 1730 g/mol. The van der Waals surface area contributed by atoms with E-state index in [2.05, 4.69) is 379 Å². The molecular formula is C128H78N8. The molecule has 8 nitrogen and oxygen atoms in total. The first-order valence-corrected chi connectivity index (χ1v) is 46.9. The summed E-state index contributed by atoms with van der Waals surface area (Å²) < 4.78 is 0. The molecule has 0 saturated heterocycles. The minimum atomic E-state index is -0.585. The molecule has 0 bridgehead atoms. The Morgan fingerprint density at radius 2 is 0.485 bits per heavy atom. The molecule has 0 radical (unpaired) electrons. The Balaban J connectivity index is 0.605. The third-order valence-electron chi connectivity index (χ3n) is 30.3. The van der Waals surface area contributed by atoms with E-state index in [0.717, 1.165) is 176 Å². The fraction of sp³-hybridized carbons (Fsp3) is 0.0469. The molecule has 2 aliphatic rings. The van der Waals surface area contributed by atoms with E-state index >= 15 is 0 Å². The van der Waals surface area contributed by atoms with Gasteiger partial charge in [-0.2, -0.15) is 0 Å². The summed E-state index contributed by atoms with van der Waals surface area (Å²) in [5, 5.41) is 27.9. The highest BCUT2D eigenvalue weighted by Gasteiger charge is 2.42. The number of fused-ring (bicyclic) bond motifs is 36. The van der Waals surface area contributed by atoms with Crippen LogP contribution in [0.25, 0.3) is 274 Å². The summed E-state index contributed by atoms with van der Waals surface area (Å²) in [5.41, 5.74) is 32.2. The highest BCUT2D eigenvalue weighted by Crippen LogP contribution is 2.57. The third-order valence-corrected chi connectivity index (χ3v) is 30.3. The standard InChI is InChI=1S/C128H78N8/c1-127(2)111-48-40-81(65-107(111)109-67-103-94-31-11-9-29-92(94)102-66-84(39-45-96(102)105(103)69-113(109)127)116-51-43-76-37-35-74-23-15-55-130-120(74)122(76)134-116)85-58-72(59-86(62-85)118-53-47-100-90-27-7-5-25-88(90)98-33-17-57-132-124(98)126(100)136-118)71-128(3)112-49-41-80(78-19-13-20-82(61-78)115-50-42-75-36-34-73-22-14-54-129-119(73)121(75)133-115)64-108(112)110-68-104-93-30-10-8-28-91(93)101-63-79(38-44-95(101)106(104)70-114(110)128)77-18-12-21-83(60-77)117-52-46-99-89-26-6-4-24-87(89)97-32-16-56-131-123(97)125(99)135-117/h4-70H,71H2,1-3H3. The van der Waals surface area contributed by atoms with Crippen LogP contribution in [0, 0.1) is 0 Å². The van der Waals surface area contributed by atoms with Crippen LogP contribution in [0.15, 0.2) is 407 Å². The lowest BCUT2D eigenvalue weighted by molar-refractivity contribution is 0.584. The molecule has 0 fully saturated rings. The van der Waals surface area contributed by atoms with E-state index < -0.39 is 5.41 Å². The van der Waals surface area contributed by atoms with Crippen molar-refractivity contribution in [1.29, 1.82) is 0 Å². The van der Waals surface area contributed by atoms with Crippen LogP contribution in [0.1, 0.15) is 48.6 Å². The molecule has 0 aliphatic heterocycles. The Labute approximate surface area is 781 Å². The lowest BCUT2D eigenvalue weighted by Gasteiger charge is -2.29. The van der Waals surface area contributed by atoms with Gasteiger partial charge < -0.3 is 0 Å². The van der Waals surface area contributed by atoms with Crippen LogP contribution >= 0.6 is 0 Å². The highest BCUT2D eigenvalue weighted by atomic mass is 14.8. The smallest absolute Gasteiger partial charge is 0.0978 e. The Kier molecular flexibility index (Phi) is 16.1. The first kappa shape index (κ1) is 76.3. The normalized spacial score (nSPS) is 14.0. The molecule has 1 atom stereocenters. The van der Waals surface area contributed by atoms with Crippen LogP contribution in [0.2, 0.25) is 0 Å². The first-order valence-electron chi connectivity index (χ1n) is 46.9. The molecule has 27 aromatic rings. The summed E-state index contributed by atoms with van der Waals surface area (Å²) >= 11 is 0. The number of hydrogen-bond acceptors (Lipinski definition) is 8. The number of pyridine rings is 8. The van der Waals surface area contributed by atoms with E-state index in [1.165, 1.54) is 125 Å². The third kappa shape index (κ3) is 11.4. The molecule has 8 aromatic heterocycles. The largest absolute Gasteiger partial charge is 0.254 e. The molecule has 136 heavy (non-hydrogen) atoms. The van der Waals surface area contributed by atoms with Crippen molar-refractivity contribution >= 4 is 173 Å². The Hall–Kier alpha value is -17.5. The van der Waals surface area contributed by atoms with Crippen LogP contribution in [-0.4, -0.2) is 39.9 Å². The van der Waals surface area contributed by atoms with E-state index in [0.29, 0.717) is 6.42 Å². The molecule has 2 aliphatic carbocycles. The summed E-state index contributed by atoms with van der Waals surface area (Å²) in [6, 6.07) is 142. The van der Waals surface area contributed by atoms with Gasteiger partial charge in [0.1, 0.15) is 0 Å². The lowest BCUT2D eigenvalue weighted by atomic mass is 9.74. The number of aromatic nitrogens is 8. The minimum Gasteiger partial charge on any atom is -0.254 e. The number of benzene rings is 19. The van der Waals surface area contributed by atoms with Gasteiger partial charge in [-0.15, -0.1) is 0 Å². The van der Waals surface area contributed by atoms with Gasteiger partial charge in [-0.3, -0.25) is 19.9 Å². The molecule has 0 amide bonds. The quantitative estimate of drug-likeness (QED) is 0.132. The van der Waals surface area contributed by atoms with Crippen LogP contribution < -0.4 is 0 Å². The van der Waals surface area contributed by atoms with Crippen LogP contribution in [0.3, 0.4) is 0 Å². The zero-order valence-corrected chi connectivity index (χ0v) is 74.5. The maximum Gasteiger partial charge on any atom is 0.0978 e. The van der Waals surface area contributed by atoms with E-state index in [-0.39, 0.29) is 5.41 Å². The monoisotopic (exact) mass is 1730 g/mol. The van der Waals surface area contributed by atoms with Gasteiger partial charge in [-0.25, -0.2) is 19.9 Å². The molecule has 0 spiro atoms. The average Bonchev–Trinajstić information content (AvgIpc) is 1.49. The van der Waals surface area contributed by atoms with E-state index in [9.17, 15) is 0 Å². The number of hydrogen-bond donors (Lipinski definition) is 0. The second-order valence-electron chi connectivity index (χ2n) is 38.1. The molecule has 8 heteroatoms. The van der Waals surface area contributed by atoms with Crippen LogP contribution in [-0.2, 0) is 17.3 Å². The predicted octanol–water partition coefficient (Wildman–Crippen LogP) is 32.8. The van der Waals surface area contributed by atoms with E-state index in [1.807, 2.05) is 49.1 Å². The van der Waals surface area contributed by atoms with Crippen molar-refractivity contribution in [2.75, 3.05) is 0 Å². The minimum absolute atomic E-state index is 0.328. The molecule has 8 heterocycles. The molecule has 0 N–H and O–H groups in total. The van der Waals surface area contributed by atoms with Crippen molar-refractivity contribution in [2.45, 2.75) is 38.0 Å². The van der Waals surface area contributed by atoms with Gasteiger partial charge in [0.15, 0.2) is 0 Å². The fourth-order valence-electron chi connectivity index (χ4n) is 23.7. The van der Waals surface area contributed by atoms with Gasteiger partial charge in [0.2, 0.25) is 0 Å². The van der Waals surface area contributed by atoms with E-state index in [1.54, 1.807) is 0 Å². The summed E-state index contributed by atoms with van der Waals surface area (Å²) in [5.74, 6) is 0. The van der Waals surface area contributed by atoms with Crippen molar-refractivity contribution in [3.8, 4) is 101 Å². The number of nitrogens with zero attached hydrogens (tertiary/aromatic N) is 8. The van der Waals surface area contributed by atoms with Gasteiger partial charge in [-0.1, -0.05) is 269 Å². The topological polar surface area (TPSA) is 103 Å². The van der Waals surface area contributed by atoms with Gasteiger partial charge in [0.25, 0.3) is 0 Å². The predicted molar refractivity (Wildman–Crippen MR) is 567 cm³/mol. The highest BCUT2D eigenvalue weighted by molar-refractivity contribution is 6.30. The van der Waals surface area contributed by atoms with Gasteiger partial charge >= 0.3 is 0 Å². The zero-order chi connectivity index (χ0) is 89.5. The summed E-state index contributed by atoms with van der Waals surface area (Å²) in [4.78, 5) is 41.8. The second kappa shape index (κ2) is 28.8.